The second-order valence-electron chi connectivity index (χ2n) is 3.74. The Balaban J connectivity index is 3.07. The first-order valence-electron chi connectivity index (χ1n) is 5.21. The minimum absolute atomic E-state index is 0.0603. The fourth-order valence-electron chi connectivity index (χ4n) is 1.25. The minimum Gasteiger partial charge on any atom is -0.510 e. The molecule has 0 saturated heterocycles. The van der Waals surface area contributed by atoms with Crippen LogP contribution in [-0.4, -0.2) is 10.9 Å². The number of aliphatic hydroxyl groups is 1. The van der Waals surface area contributed by atoms with Gasteiger partial charge in [0, 0.05) is 6.92 Å². The molecule has 0 aliphatic heterocycles. The molecular weight excluding hydrogens is 261 g/mol. The van der Waals surface area contributed by atoms with Gasteiger partial charge in [-0.1, -0.05) is 6.07 Å². The summed E-state index contributed by atoms with van der Waals surface area (Å²) in [5.74, 6) is -0.876. The summed E-state index contributed by atoms with van der Waals surface area (Å²) in [4.78, 5) is 11.1. The summed E-state index contributed by atoms with van der Waals surface area (Å²) in [7, 11) is 0. The van der Waals surface area contributed by atoms with Crippen molar-refractivity contribution in [2.24, 2.45) is 10.2 Å². The molecule has 0 spiro atoms. The largest absolute Gasteiger partial charge is 0.510 e. The van der Waals surface area contributed by atoms with Gasteiger partial charge in [-0.2, -0.15) is 18.3 Å². The van der Waals surface area contributed by atoms with E-state index in [4.69, 9.17) is 5.11 Å². The molecule has 0 aromatic heterocycles. The molecule has 0 fully saturated rings. The van der Waals surface area contributed by atoms with Crippen molar-refractivity contribution >= 4 is 11.5 Å². The fourth-order valence-corrected chi connectivity index (χ4v) is 1.25. The summed E-state index contributed by atoms with van der Waals surface area (Å²) < 4.78 is 37.3. The van der Waals surface area contributed by atoms with E-state index in [2.05, 4.69) is 10.2 Å². The van der Waals surface area contributed by atoms with Crippen molar-refractivity contribution in [1.29, 1.82) is 0 Å². The Hall–Kier alpha value is -2.18. The molecule has 19 heavy (non-hydrogen) atoms. The van der Waals surface area contributed by atoms with Crippen molar-refractivity contribution < 1.29 is 23.1 Å². The van der Waals surface area contributed by atoms with Crippen LogP contribution < -0.4 is 0 Å². The van der Waals surface area contributed by atoms with Gasteiger partial charge in [0.2, 0.25) is 0 Å². The van der Waals surface area contributed by atoms with Gasteiger partial charge in [0.15, 0.2) is 11.5 Å². The number of nitrogens with zero attached hydrogens (tertiary/aromatic N) is 2. The molecule has 0 amide bonds. The maximum absolute atomic E-state index is 12.4. The number of azo groups is 1. The van der Waals surface area contributed by atoms with E-state index in [1.807, 2.05) is 0 Å². The van der Waals surface area contributed by atoms with Crippen LogP contribution in [0, 0.1) is 0 Å². The van der Waals surface area contributed by atoms with E-state index in [1.54, 1.807) is 0 Å². The lowest BCUT2D eigenvalue weighted by atomic mass is 10.2. The molecule has 0 aliphatic rings. The van der Waals surface area contributed by atoms with Gasteiger partial charge in [-0.25, -0.2) is 0 Å². The number of aliphatic hydroxyl groups excluding tert-OH is 1. The Morgan fingerprint density at radius 1 is 1.26 bits per heavy atom. The molecule has 1 aromatic rings. The van der Waals surface area contributed by atoms with Crippen LogP contribution in [0.15, 0.2) is 46.0 Å². The van der Waals surface area contributed by atoms with Crippen LogP contribution in [0.25, 0.3) is 0 Å². The van der Waals surface area contributed by atoms with Crippen molar-refractivity contribution in [3.05, 3.63) is 41.3 Å². The highest BCUT2D eigenvalue weighted by molar-refractivity contribution is 5.93. The van der Waals surface area contributed by atoms with Gasteiger partial charge in [0.05, 0.1) is 11.3 Å². The molecule has 7 heteroatoms. The Morgan fingerprint density at radius 2 is 1.89 bits per heavy atom. The predicted molar refractivity (Wildman–Crippen MR) is 62.0 cm³/mol. The molecule has 0 radical (unpaired) electrons. The third-order valence-electron chi connectivity index (χ3n) is 2.12. The average molecular weight is 272 g/mol. The second kappa shape index (κ2) is 5.64. The lowest BCUT2D eigenvalue weighted by molar-refractivity contribution is -0.137. The Labute approximate surface area is 107 Å². The Bertz CT molecular complexity index is 544. The third kappa shape index (κ3) is 4.20. The topological polar surface area (TPSA) is 62.0 Å². The number of hydrogen-bond acceptors (Lipinski definition) is 4. The maximum Gasteiger partial charge on any atom is 0.416 e. The zero-order valence-electron chi connectivity index (χ0n) is 10.2. The molecule has 1 N–H and O–H groups in total. The summed E-state index contributed by atoms with van der Waals surface area (Å²) in [6.07, 6.45) is -4.47. The Morgan fingerprint density at radius 3 is 2.37 bits per heavy atom. The smallest absolute Gasteiger partial charge is 0.416 e. The molecule has 0 heterocycles. The minimum atomic E-state index is -4.47. The second-order valence-corrected chi connectivity index (χ2v) is 3.74. The van der Waals surface area contributed by atoms with Gasteiger partial charge >= 0.3 is 6.18 Å². The fraction of sp³-hybridized carbons (Fsp3) is 0.250. The molecule has 0 aliphatic carbocycles. The van der Waals surface area contributed by atoms with E-state index in [9.17, 15) is 18.0 Å². The van der Waals surface area contributed by atoms with Crippen LogP contribution in [-0.2, 0) is 11.0 Å². The first kappa shape index (κ1) is 14.9. The zero-order chi connectivity index (χ0) is 14.6. The van der Waals surface area contributed by atoms with E-state index in [0.717, 1.165) is 12.1 Å². The first-order chi connectivity index (χ1) is 8.71. The number of alkyl halides is 3. The van der Waals surface area contributed by atoms with Gasteiger partial charge in [-0.15, -0.1) is 5.11 Å². The predicted octanol–water partition coefficient (Wildman–Crippen LogP) is 4.17. The van der Waals surface area contributed by atoms with Crippen LogP contribution in [0.4, 0.5) is 18.9 Å². The van der Waals surface area contributed by atoms with E-state index >= 15 is 0 Å². The van der Waals surface area contributed by atoms with Crippen LogP contribution in [0.5, 0.6) is 0 Å². The number of ketones is 1. The summed E-state index contributed by atoms with van der Waals surface area (Å²) in [6, 6.07) is 4.19. The highest BCUT2D eigenvalue weighted by atomic mass is 19.4. The summed E-state index contributed by atoms with van der Waals surface area (Å²) in [5, 5.41) is 16.1. The molecule has 0 unspecified atom stereocenters. The zero-order valence-corrected chi connectivity index (χ0v) is 10.2. The average Bonchev–Trinajstić information content (AvgIpc) is 2.27. The highest BCUT2D eigenvalue weighted by Gasteiger charge is 2.30. The number of rotatable bonds is 3. The number of hydrogen-bond donors (Lipinski definition) is 1. The van der Waals surface area contributed by atoms with E-state index in [1.165, 1.54) is 26.0 Å². The molecule has 1 rings (SSSR count). The van der Waals surface area contributed by atoms with Gasteiger partial charge in [-0.05, 0) is 25.1 Å². The van der Waals surface area contributed by atoms with Crippen LogP contribution in [0.3, 0.4) is 0 Å². The van der Waals surface area contributed by atoms with E-state index in [0.29, 0.717) is 0 Å². The van der Waals surface area contributed by atoms with Gasteiger partial charge in [0.25, 0.3) is 0 Å². The van der Waals surface area contributed by atoms with E-state index < -0.39 is 17.5 Å². The summed E-state index contributed by atoms with van der Waals surface area (Å²) in [5.41, 5.74) is -1.22. The third-order valence-corrected chi connectivity index (χ3v) is 2.12. The number of allylic oxidation sites excluding steroid dienone is 2. The SMILES string of the molecule is CC(=O)C(N=Nc1cccc(C(F)(F)F)c1)=C(C)O. The van der Waals surface area contributed by atoms with Gasteiger partial charge in [-0.3, -0.25) is 4.79 Å². The quantitative estimate of drug-likeness (QED) is 0.510. The van der Waals surface area contributed by atoms with E-state index in [-0.39, 0.29) is 17.1 Å². The van der Waals surface area contributed by atoms with Crippen LogP contribution >= 0.6 is 0 Å². The van der Waals surface area contributed by atoms with Crippen molar-refractivity contribution in [3.63, 3.8) is 0 Å². The van der Waals surface area contributed by atoms with Crippen molar-refractivity contribution in [1.82, 2.24) is 0 Å². The number of Topliss-reactive ketones (excluding diaryl/α,β-unsaturated/α-hetero) is 1. The lowest BCUT2D eigenvalue weighted by Gasteiger charge is -2.06. The highest BCUT2D eigenvalue weighted by Crippen LogP contribution is 2.31. The molecule has 102 valence electrons. The maximum atomic E-state index is 12.4. The number of benzene rings is 1. The first-order valence-corrected chi connectivity index (χ1v) is 5.21. The standard InChI is InChI=1S/C12H11F3N2O2/c1-7(18)11(8(2)19)17-16-10-5-3-4-9(6-10)12(13,14)15/h3-6,18H,1-2H3. The molecule has 0 atom stereocenters. The Kier molecular flexibility index (Phi) is 4.42. The number of carbonyl (C=O) groups excluding carboxylic acids is 1. The monoisotopic (exact) mass is 272 g/mol. The number of carbonyl (C=O) groups is 1. The molecule has 4 nitrogen and oxygen atoms in total. The molecule has 0 bridgehead atoms. The van der Waals surface area contributed by atoms with Crippen molar-refractivity contribution in [2.75, 3.05) is 0 Å². The van der Waals surface area contributed by atoms with Crippen molar-refractivity contribution in [3.8, 4) is 0 Å². The van der Waals surface area contributed by atoms with Crippen LogP contribution in [0.1, 0.15) is 19.4 Å². The van der Waals surface area contributed by atoms with Crippen molar-refractivity contribution in [2.45, 2.75) is 20.0 Å². The molecular formula is C12H11F3N2O2. The normalized spacial score (nSPS) is 13.5. The number of halogens is 3. The summed E-state index contributed by atoms with van der Waals surface area (Å²) >= 11 is 0. The molecule has 0 saturated carbocycles. The lowest BCUT2D eigenvalue weighted by Crippen LogP contribution is -2.03. The molecule has 1 aromatic carbocycles. The van der Waals surface area contributed by atoms with Crippen LogP contribution in [0.2, 0.25) is 0 Å². The van der Waals surface area contributed by atoms with Gasteiger partial charge < -0.3 is 5.11 Å². The van der Waals surface area contributed by atoms with Gasteiger partial charge in [0.1, 0.15) is 5.76 Å². The summed E-state index contributed by atoms with van der Waals surface area (Å²) in [6.45, 7) is 2.40.